The predicted octanol–water partition coefficient (Wildman–Crippen LogP) is -1.36. The van der Waals surface area contributed by atoms with Crippen LogP contribution in [0, 0.1) is 0 Å². The highest BCUT2D eigenvalue weighted by atomic mass is 35.5. The fourth-order valence-electron chi connectivity index (χ4n) is 0.123. The summed E-state index contributed by atoms with van der Waals surface area (Å²) in [5.74, 6) is -1.72. The first kappa shape index (κ1) is 10.3. The fourth-order valence-corrected chi connectivity index (χ4v) is 0.123. The van der Waals surface area contributed by atoms with Gasteiger partial charge >= 0.3 is 11.8 Å². The SMILES string of the molecule is CNC(=O)C(N)=O.Cl. The summed E-state index contributed by atoms with van der Waals surface area (Å²) >= 11 is 0. The van der Waals surface area contributed by atoms with Gasteiger partial charge in [-0.3, -0.25) is 9.59 Å². The second-order valence-corrected chi connectivity index (χ2v) is 0.943. The van der Waals surface area contributed by atoms with Crippen molar-refractivity contribution in [1.29, 1.82) is 0 Å². The normalized spacial score (nSPS) is 6.62. The number of hydrogen-bond donors (Lipinski definition) is 2. The van der Waals surface area contributed by atoms with Crippen molar-refractivity contribution in [2.24, 2.45) is 5.73 Å². The van der Waals surface area contributed by atoms with Crippen LogP contribution < -0.4 is 11.1 Å². The van der Waals surface area contributed by atoms with Crippen LogP contribution in [0.25, 0.3) is 0 Å². The van der Waals surface area contributed by atoms with Crippen molar-refractivity contribution in [1.82, 2.24) is 5.32 Å². The number of nitrogens with two attached hydrogens (primary N) is 1. The Labute approximate surface area is 52.8 Å². The van der Waals surface area contributed by atoms with E-state index in [1.54, 1.807) is 0 Å². The lowest BCUT2D eigenvalue weighted by Gasteiger charge is -1.86. The first-order valence-corrected chi connectivity index (χ1v) is 1.70. The van der Waals surface area contributed by atoms with Gasteiger partial charge in [-0.2, -0.15) is 0 Å². The molecule has 8 heavy (non-hydrogen) atoms. The second kappa shape index (κ2) is 4.39. The number of carbonyl (C=O) groups is 2. The Morgan fingerprint density at radius 1 is 1.50 bits per heavy atom. The summed E-state index contributed by atoms with van der Waals surface area (Å²) in [6.07, 6.45) is 0. The van der Waals surface area contributed by atoms with Crippen LogP contribution in [-0.4, -0.2) is 18.9 Å². The molecule has 3 N–H and O–H groups in total. The number of nitrogens with one attached hydrogen (secondary N) is 1. The van der Waals surface area contributed by atoms with E-state index < -0.39 is 11.8 Å². The van der Waals surface area contributed by atoms with Crippen molar-refractivity contribution in [3.05, 3.63) is 0 Å². The van der Waals surface area contributed by atoms with Crippen LogP contribution in [0.1, 0.15) is 0 Å². The summed E-state index contributed by atoms with van der Waals surface area (Å²) in [4.78, 5) is 19.7. The van der Waals surface area contributed by atoms with E-state index in [1.165, 1.54) is 7.05 Å². The van der Waals surface area contributed by atoms with Crippen molar-refractivity contribution in [2.45, 2.75) is 0 Å². The smallest absolute Gasteiger partial charge is 0.308 e. The highest BCUT2D eigenvalue weighted by Gasteiger charge is 2.01. The standard InChI is InChI=1S/C3H6N2O2.ClH/c1-5-3(7)2(4)6;/h1H3,(H2,4,6)(H,5,7);1H. The molecule has 2 amide bonds. The van der Waals surface area contributed by atoms with E-state index in [2.05, 4.69) is 11.1 Å². The van der Waals surface area contributed by atoms with E-state index in [1.807, 2.05) is 0 Å². The van der Waals surface area contributed by atoms with Crippen LogP contribution in [0.3, 0.4) is 0 Å². The molecule has 0 radical (unpaired) electrons. The van der Waals surface area contributed by atoms with Crippen LogP contribution in [-0.2, 0) is 9.59 Å². The topological polar surface area (TPSA) is 72.2 Å². The maximum atomic E-state index is 9.93. The molecule has 0 saturated heterocycles. The minimum absolute atomic E-state index is 0. The van der Waals surface area contributed by atoms with Crippen molar-refractivity contribution < 1.29 is 9.59 Å². The monoisotopic (exact) mass is 138 g/mol. The number of amides is 2. The van der Waals surface area contributed by atoms with Gasteiger partial charge in [0.1, 0.15) is 0 Å². The van der Waals surface area contributed by atoms with Crippen LogP contribution in [0.4, 0.5) is 0 Å². The molecule has 5 heteroatoms. The molecule has 0 aliphatic rings. The molecule has 0 aliphatic heterocycles. The molecule has 0 heterocycles. The van der Waals surface area contributed by atoms with Gasteiger partial charge in [0, 0.05) is 7.05 Å². The van der Waals surface area contributed by atoms with E-state index in [4.69, 9.17) is 0 Å². The average molecular weight is 139 g/mol. The van der Waals surface area contributed by atoms with E-state index in [-0.39, 0.29) is 12.4 Å². The Kier molecular flexibility index (Phi) is 5.63. The Bertz CT molecular complexity index is 103. The molecular formula is C3H7ClN2O2. The van der Waals surface area contributed by atoms with Crippen LogP contribution in [0.5, 0.6) is 0 Å². The molecule has 0 unspecified atom stereocenters. The maximum Gasteiger partial charge on any atom is 0.308 e. The van der Waals surface area contributed by atoms with Gasteiger partial charge in [-0.15, -0.1) is 12.4 Å². The van der Waals surface area contributed by atoms with Gasteiger partial charge in [0.05, 0.1) is 0 Å². The third-order valence-corrected chi connectivity index (χ3v) is 0.451. The Morgan fingerprint density at radius 3 is 1.88 bits per heavy atom. The van der Waals surface area contributed by atoms with E-state index in [0.29, 0.717) is 0 Å². The average Bonchev–Trinajstić information content (AvgIpc) is 1.65. The highest BCUT2D eigenvalue weighted by Crippen LogP contribution is 1.53. The zero-order chi connectivity index (χ0) is 5.86. The molecule has 0 bridgehead atoms. The van der Waals surface area contributed by atoms with Crippen LogP contribution >= 0.6 is 12.4 Å². The number of primary amides is 1. The van der Waals surface area contributed by atoms with Gasteiger partial charge in [0.2, 0.25) is 0 Å². The fraction of sp³-hybridized carbons (Fsp3) is 0.333. The lowest BCUT2D eigenvalue weighted by atomic mass is 10.6. The van der Waals surface area contributed by atoms with Crippen LogP contribution in [0.2, 0.25) is 0 Å². The lowest BCUT2D eigenvalue weighted by Crippen LogP contribution is -2.33. The van der Waals surface area contributed by atoms with Gasteiger partial charge in [0.15, 0.2) is 0 Å². The van der Waals surface area contributed by atoms with Crippen molar-refractivity contribution in [3.63, 3.8) is 0 Å². The second-order valence-electron chi connectivity index (χ2n) is 0.943. The van der Waals surface area contributed by atoms with E-state index in [0.717, 1.165) is 0 Å². The largest absolute Gasteiger partial charge is 0.361 e. The minimum atomic E-state index is -0.956. The van der Waals surface area contributed by atoms with Gasteiger partial charge < -0.3 is 11.1 Å². The minimum Gasteiger partial charge on any atom is -0.361 e. The first-order valence-electron chi connectivity index (χ1n) is 1.70. The number of carbonyl (C=O) groups excluding carboxylic acids is 2. The summed E-state index contributed by atoms with van der Waals surface area (Å²) in [6, 6.07) is 0. The Balaban J connectivity index is 0. The molecule has 0 saturated carbocycles. The molecule has 0 atom stereocenters. The maximum absolute atomic E-state index is 9.93. The lowest BCUT2D eigenvalue weighted by molar-refractivity contribution is -0.136. The van der Waals surface area contributed by atoms with E-state index >= 15 is 0 Å². The van der Waals surface area contributed by atoms with Gasteiger partial charge in [-0.05, 0) is 0 Å². The molecule has 0 aliphatic carbocycles. The van der Waals surface area contributed by atoms with Gasteiger partial charge in [0.25, 0.3) is 0 Å². The number of likely N-dealkylation sites (N-methyl/N-ethyl adjacent to an activating group) is 1. The quantitative estimate of drug-likeness (QED) is 0.406. The molecular weight excluding hydrogens is 131 g/mol. The molecule has 0 rings (SSSR count). The third kappa shape index (κ3) is 3.42. The predicted molar refractivity (Wildman–Crippen MR) is 30.5 cm³/mol. The van der Waals surface area contributed by atoms with Crippen molar-refractivity contribution in [2.75, 3.05) is 7.05 Å². The number of halogens is 1. The van der Waals surface area contributed by atoms with Crippen molar-refractivity contribution >= 4 is 24.2 Å². The molecule has 4 nitrogen and oxygen atoms in total. The number of hydrogen-bond acceptors (Lipinski definition) is 2. The molecule has 0 aromatic carbocycles. The zero-order valence-electron chi connectivity index (χ0n) is 4.30. The molecule has 0 aromatic heterocycles. The number of rotatable bonds is 0. The Morgan fingerprint density at radius 2 is 1.88 bits per heavy atom. The summed E-state index contributed by atoms with van der Waals surface area (Å²) in [5, 5.41) is 2.05. The highest BCUT2D eigenvalue weighted by molar-refractivity contribution is 6.34. The zero-order valence-corrected chi connectivity index (χ0v) is 5.12. The van der Waals surface area contributed by atoms with Gasteiger partial charge in [-0.1, -0.05) is 0 Å². The van der Waals surface area contributed by atoms with Crippen LogP contribution in [0.15, 0.2) is 0 Å². The summed E-state index contributed by atoms with van der Waals surface area (Å²) in [6.45, 7) is 0. The molecule has 0 fully saturated rings. The summed E-state index contributed by atoms with van der Waals surface area (Å²) < 4.78 is 0. The molecule has 0 spiro atoms. The van der Waals surface area contributed by atoms with E-state index in [9.17, 15) is 9.59 Å². The third-order valence-electron chi connectivity index (χ3n) is 0.451. The molecule has 0 aromatic rings. The summed E-state index contributed by atoms with van der Waals surface area (Å²) in [5.41, 5.74) is 4.50. The summed E-state index contributed by atoms with van der Waals surface area (Å²) in [7, 11) is 1.34. The first-order chi connectivity index (χ1) is 3.18. The molecule has 48 valence electrons. The Hall–Kier alpha value is -0.770. The van der Waals surface area contributed by atoms with Crippen molar-refractivity contribution in [3.8, 4) is 0 Å². The van der Waals surface area contributed by atoms with Gasteiger partial charge in [-0.25, -0.2) is 0 Å².